The van der Waals surface area contributed by atoms with E-state index in [0.717, 1.165) is 30.4 Å². The number of aromatic nitrogens is 1. The van der Waals surface area contributed by atoms with Crippen molar-refractivity contribution < 1.29 is 13.5 Å². The molecule has 1 saturated heterocycles. The second-order valence-electron chi connectivity index (χ2n) is 10.9. The molecule has 8 heteroatoms. The molecule has 1 aliphatic rings. The van der Waals surface area contributed by atoms with Crippen LogP contribution in [0, 0.1) is 0 Å². The number of nitrogens with one attached hydrogen (secondary N) is 2. The molecule has 198 valence electrons. The number of piperidine rings is 1. The summed E-state index contributed by atoms with van der Waals surface area (Å²) in [6, 6.07) is 21.4. The van der Waals surface area contributed by atoms with Crippen molar-refractivity contribution in [2.45, 2.75) is 57.1 Å². The lowest BCUT2D eigenvalue weighted by Crippen LogP contribution is -2.48. The molecule has 1 unspecified atom stereocenters. The molecule has 2 aromatic carbocycles. The number of aliphatic hydroxyl groups excluding tert-OH is 1. The Morgan fingerprint density at radius 1 is 1.08 bits per heavy atom. The number of hydrogen-bond donors (Lipinski definition) is 3. The number of rotatable bonds is 10. The van der Waals surface area contributed by atoms with E-state index in [2.05, 4.69) is 47.9 Å². The van der Waals surface area contributed by atoms with Crippen LogP contribution in [0.4, 0.5) is 5.69 Å². The SMILES string of the molecule is CC(C)(Cc1ccc(NS(=O)(=O)N2CCCC(C)(c3ccccc3)C2)cc1)NC[C@H](O)c1cccnc1. The van der Waals surface area contributed by atoms with E-state index in [1.165, 1.54) is 5.56 Å². The highest BCUT2D eigenvalue weighted by Crippen LogP contribution is 2.34. The van der Waals surface area contributed by atoms with Gasteiger partial charge in [0.05, 0.1) is 6.10 Å². The molecule has 2 heterocycles. The van der Waals surface area contributed by atoms with Gasteiger partial charge in [-0.3, -0.25) is 9.71 Å². The third-order valence-electron chi connectivity index (χ3n) is 7.16. The highest BCUT2D eigenvalue weighted by atomic mass is 32.2. The Morgan fingerprint density at radius 2 is 1.81 bits per heavy atom. The van der Waals surface area contributed by atoms with Gasteiger partial charge in [-0.2, -0.15) is 12.7 Å². The molecule has 0 aliphatic carbocycles. The zero-order chi connectivity index (χ0) is 26.5. The Morgan fingerprint density at radius 3 is 2.49 bits per heavy atom. The largest absolute Gasteiger partial charge is 0.387 e. The van der Waals surface area contributed by atoms with Crippen molar-refractivity contribution in [1.82, 2.24) is 14.6 Å². The summed E-state index contributed by atoms with van der Waals surface area (Å²) in [5.74, 6) is 0. The van der Waals surface area contributed by atoms with Gasteiger partial charge in [0, 0.05) is 54.2 Å². The van der Waals surface area contributed by atoms with Crippen molar-refractivity contribution in [3.05, 3.63) is 95.8 Å². The first-order valence-corrected chi connectivity index (χ1v) is 14.3. The summed E-state index contributed by atoms with van der Waals surface area (Å²) in [7, 11) is -3.67. The first kappa shape index (κ1) is 27.3. The summed E-state index contributed by atoms with van der Waals surface area (Å²) in [4.78, 5) is 4.06. The molecule has 37 heavy (non-hydrogen) atoms. The lowest BCUT2D eigenvalue weighted by Gasteiger charge is -2.40. The number of β-amino-alcohol motifs (C(OH)–C–C–N with tert-alkyl or cyclic N) is 1. The van der Waals surface area contributed by atoms with Crippen LogP contribution in [-0.4, -0.2) is 48.0 Å². The van der Waals surface area contributed by atoms with Crippen LogP contribution in [0.3, 0.4) is 0 Å². The summed E-state index contributed by atoms with van der Waals surface area (Å²) in [5.41, 5.74) is 3.10. The fourth-order valence-electron chi connectivity index (χ4n) is 5.02. The predicted octanol–water partition coefficient (Wildman–Crippen LogP) is 4.44. The second kappa shape index (κ2) is 11.3. The minimum atomic E-state index is -3.67. The zero-order valence-electron chi connectivity index (χ0n) is 21.9. The summed E-state index contributed by atoms with van der Waals surface area (Å²) in [6.45, 7) is 7.69. The average Bonchev–Trinajstić information content (AvgIpc) is 2.89. The second-order valence-corrected chi connectivity index (χ2v) is 12.6. The highest BCUT2D eigenvalue weighted by molar-refractivity contribution is 7.90. The van der Waals surface area contributed by atoms with E-state index >= 15 is 0 Å². The third kappa shape index (κ3) is 7.17. The number of hydrogen-bond acceptors (Lipinski definition) is 5. The number of nitrogens with zero attached hydrogens (tertiary/aromatic N) is 2. The Labute approximate surface area is 221 Å². The van der Waals surface area contributed by atoms with Gasteiger partial charge in [0.25, 0.3) is 0 Å². The van der Waals surface area contributed by atoms with E-state index in [9.17, 15) is 13.5 Å². The van der Waals surface area contributed by atoms with Crippen LogP contribution in [0.1, 0.15) is 56.4 Å². The standard InChI is InChI=1S/C29H38N4O3S/c1-28(2,31-21-27(34)24-9-7-17-30-20-24)19-23-12-14-26(15-13-23)32-37(35,36)33-18-8-16-29(3,22-33)25-10-5-4-6-11-25/h4-7,9-15,17,20,27,31-32,34H,8,16,18-19,21-22H2,1-3H3/t27-,29?/m0/s1. The maximum atomic E-state index is 13.2. The molecule has 3 N–H and O–H groups in total. The van der Waals surface area contributed by atoms with E-state index in [0.29, 0.717) is 25.3 Å². The van der Waals surface area contributed by atoms with Gasteiger partial charge >= 0.3 is 10.2 Å². The molecule has 4 rings (SSSR count). The number of anilines is 1. The maximum absolute atomic E-state index is 13.2. The Hall–Kier alpha value is -2.78. The minimum Gasteiger partial charge on any atom is -0.387 e. The van der Waals surface area contributed by atoms with Gasteiger partial charge in [-0.25, -0.2) is 0 Å². The number of benzene rings is 2. The quantitative estimate of drug-likeness (QED) is 0.366. The van der Waals surface area contributed by atoms with Gasteiger partial charge in [0.15, 0.2) is 0 Å². The molecule has 1 aromatic heterocycles. The fourth-order valence-corrected chi connectivity index (χ4v) is 6.40. The molecular weight excluding hydrogens is 484 g/mol. The first-order chi connectivity index (χ1) is 17.6. The summed E-state index contributed by atoms with van der Waals surface area (Å²) < 4.78 is 30.8. The van der Waals surface area contributed by atoms with Crippen molar-refractivity contribution in [2.24, 2.45) is 0 Å². The van der Waals surface area contributed by atoms with Crippen LogP contribution in [0.15, 0.2) is 79.1 Å². The van der Waals surface area contributed by atoms with Gasteiger partial charge in [-0.1, -0.05) is 55.5 Å². The van der Waals surface area contributed by atoms with Crippen LogP contribution >= 0.6 is 0 Å². The molecule has 0 spiro atoms. The fraction of sp³-hybridized carbons (Fsp3) is 0.414. The lowest BCUT2D eigenvalue weighted by molar-refractivity contribution is 0.160. The van der Waals surface area contributed by atoms with Crippen LogP contribution in [0.25, 0.3) is 0 Å². The van der Waals surface area contributed by atoms with Crippen molar-refractivity contribution in [2.75, 3.05) is 24.4 Å². The average molecular weight is 523 g/mol. The van der Waals surface area contributed by atoms with Gasteiger partial charge in [0.1, 0.15) is 0 Å². The molecule has 1 aliphatic heterocycles. The molecule has 0 amide bonds. The normalized spacial score (nSPS) is 19.9. The highest BCUT2D eigenvalue weighted by Gasteiger charge is 2.37. The van der Waals surface area contributed by atoms with Crippen molar-refractivity contribution >= 4 is 15.9 Å². The van der Waals surface area contributed by atoms with Crippen molar-refractivity contribution in [3.63, 3.8) is 0 Å². The molecular formula is C29H38N4O3S. The van der Waals surface area contributed by atoms with Gasteiger partial charge in [0.2, 0.25) is 0 Å². The molecule has 1 fully saturated rings. The smallest absolute Gasteiger partial charge is 0.301 e. The Kier molecular flexibility index (Phi) is 8.33. The monoisotopic (exact) mass is 522 g/mol. The van der Waals surface area contributed by atoms with Gasteiger partial charge < -0.3 is 10.4 Å². The predicted molar refractivity (Wildman–Crippen MR) is 149 cm³/mol. The molecule has 3 aromatic rings. The van der Waals surface area contributed by atoms with Gasteiger partial charge in [-0.15, -0.1) is 0 Å². The van der Waals surface area contributed by atoms with Crippen LogP contribution in [0.2, 0.25) is 0 Å². The van der Waals surface area contributed by atoms with Crippen LogP contribution in [-0.2, 0) is 22.0 Å². The van der Waals surface area contributed by atoms with E-state index < -0.39 is 16.3 Å². The van der Waals surface area contributed by atoms with E-state index in [1.807, 2.05) is 54.6 Å². The van der Waals surface area contributed by atoms with E-state index in [1.54, 1.807) is 16.7 Å². The van der Waals surface area contributed by atoms with E-state index in [4.69, 9.17) is 0 Å². The minimum absolute atomic E-state index is 0.207. The maximum Gasteiger partial charge on any atom is 0.301 e. The topological polar surface area (TPSA) is 94.6 Å². The Balaban J connectivity index is 1.34. The Bertz CT molecular complexity index is 1250. The molecule has 0 radical (unpaired) electrons. The molecule has 0 saturated carbocycles. The zero-order valence-corrected chi connectivity index (χ0v) is 22.7. The third-order valence-corrected chi connectivity index (χ3v) is 8.65. The van der Waals surface area contributed by atoms with E-state index in [-0.39, 0.29) is 11.0 Å². The lowest BCUT2D eigenvalue weighted by atomic mass is 9.77. The van der Waals surface area contributed by atoms with Crippen LogP contribution < -0.4 is 10.0 Å². The van der Waals surface area contributed by atoms with Crippen LogP contribution in [0.5, 0.6) is 0 Å². The molecule has 0 bridgehead atoms. The van der Waals surface area contributed by atoms with Gasteiger partial charge in [-0.05, 0) is 62.4 Å². The number of aliphatic hydroxyl groups is 1. The summed E-state index contributed by atoms with van der Waals surface area (Å²) in [5, 5.41) is 13.9. The number of pyridine rings is 1. The van der Waals surface area contributed by atoms with Crippen molar-refractivity contribution in [1.29, 1.82) is 0 Å². The summed E-state index contributed by atoms with van der Waals surface area (Å²) in [6.07, 6.45) is 5.23. The molecule has 2 atom stereocenters. The first-order valence-electron chi connectivity index (χ1n) is 12.8. The van der Waals surface area contributed by atoms with Crippen molar-refractivity contribution in [3.8, 4) is 0 Å². The summed E-state index contributed by atoms with van der Waals surface area (Å²) >= 11 is 0. The molecule has 7 nitrogen and oxygen atoms in total.